The number of sulfonamides is 1. The quantitative estimate of drug-likeness (QED) is 0.872. The number of halogens is 1. The molecule has 1 aromatic rings. The van der Waals surface area contributed by atoms with Gasteiger partial charge < -0.3 is 5.32 Å². The van der Waals surface area contributed by atoms with E-state index in [1.807, 2.05) is 13.0 Å². The van der Waals surface area contributed by atoms with Crippen LogP contribution in [0.3, 0.4) is 0 Å². The van der Waals surface area contributed by atoms with E-state index in [0.29, 0.717) is 30.6 Å². The second kappa shape index (κ2) is 7.09. The van der Waals surface area contributed by atoms with Crippen molar-refractivity contribution in [2.45, 2.75) is 38.1 Å². The summed E-state index contributed by atoms with van der Waals surface area (Å²) >= 11 is 6.14. The number of hydrogen-bond acceptors (Lipinski definition) is 3. The lowest BCUT2D eigenvalue weighted by Gasteiger charge is -2.18. The molecule has 21 heavy (non-hydrogen) atoms. The Bertz CT molecular complexity index is 589. The molecule has 0 spiro atoms. The average molecular weight is 331 g/mol. The topological polar surface area (TPSA) is 49.4 Å². The van der Waals surface area contributed by atoms with E-state index in [-0.39, 0.29) is 4.90 Å². The number of nitrogens with one attached hydrogen (secondary N) is 1. The predicted molar refractivity (Wildman–Crippen MR) is 86.0 cm³/mol. The Morgan fingerprint density at radius 2 is 2.14 bits per heavy atom. The summed E-state index contributed by atoms with van der Waals surface area (Å²) in [5.74, 6) is 0.462. The molecule has 1 aromatic carbocycles. The fraction of sp³-hybridized carbons (Fsp3) is 0.600. The fourth-order valence-corrected chi connectivity index (χ4v) is 4.67. The lowest BCUT2D eigenvalue weighted by Crippen LogP contribution is -2.29. The minimum absolute atomic E-state index is 0.233. The summed E-state index contributed by atoms with van der Waals surface area (Å²) < 4.78 is 27.1. The molecule has 1 heterocycles. The lowest BCUT2D eigenvalue weighted by molar-refractivity contribution is 0.453. The Hall–Kier alpha value is -0.620. The third-order valence-corrected chi connectivity index (χ3v) is 6.37. The number of benzene rings is 1. The summed E-state index contributed by atoms with van der Waals surface area (Å²) in [7, 11) is -3.49. The van der Waals surface area contributed by atoms with Crippen molar-refractivity contribution in [3.8, 4) is 0 Å². The van der Waals surface area contributed by atoms with Gasteiger partial charge in [-0.1, -0.05) is 37.9 Å². The monoisotopic (exact) mass is 330 g/mol. The molecule has 0 aromatic heterocycles. The molecule has 1 unspecified atom stereocenters. The van der Waals surface area contributed by atoms with Crippen molar-refractivity contribution in [1.82, 2.24) is 9.62 Å². The van der Waals surface area contributed by atoms with Crippen LogP contribution >= 0.6 is 11.6 Å². The maximum Gasteiger partial charge on any atom is 0.244 e. The van der Waals surface area contributed by atoms with E-state index in [0.717, 1.165) is 24.9 Å². The zero-order chi connectivity index (χ0) is 15.5. The largest absolute Gasteiger partial charge is 0.313 e. The molecule has 1 N–H and O–H groups in total. The van der Waals surface area contributed by atoms with Gasteiger partial charge in [-0.25, -0.2) is 8.42 Å². The van der Waals surface area contributed by atoms with Crippen LogP contribution in [0.5, 0.6) is 0 Å². The molecule has 0 amide bonds. The van der Waals surface area contributed by atoms with E-state index >= 15 is 0 Å². The van der Waals surface area contributed by atoms with Crippen molar-refractivity contribution in [3.05, 3.63) is 28.8 Å². The number of hydrogen-bond donors (Lipinski definition) is 1. The molecule has 1 aliphatic heterocycles. The van der Waals surface area contributed by atoms with Gasteiger partial charge in [0.15, 0.2) is 0 Å². The van der Waals surface area contributed by atoms with Gasteiger partial charge in [0.25, 0.3) is 0 Å². The Balaban J connectivity index is 2.27. The summed E-state index contributed by atoms with van der Waals surface area (Å²) in [6.45, 7) is 6.80. The summed E-state index contributed by atoms with van der Waals surface area (Å²) in [4.78, 5) is 0.233. The van der Waals surface area contributed by atoms with Crippen LogP contribution in [0.25, 0.3) is 0 Å². The highest BCUT2D eigenvalue weighted by Gasteiger charge is 2.33. The van der Waals surface area contributed by atoms with Crippen LogP contribution in [0.4, 0.5) is 0 Å². The SMILES string of the molecule is CCNCc1ccc(Cl)c(S(=O)(=O)N2CCC(CC)C2)c1. The van der Waals surface area contributed by atoms with Crippen LogP contribution in [0.2, 0.25) is 5.02 Å². The Morgan fingerprint density at radius 3 is 2.76 bits per heavy atom. The van der Waals surface area contributed by atoms with E-state index in [2.05, 4.69) is 12.2 Å². The average Bonchev–Trinajstić information content (AvgIpc) is 2.96. The highest BCUT2D eigenvalue weighted by atomic mass is 35.5. The van der Waals surface area contributed by atoms with Crippen molar-refractivity contribution < 1.29 is 8.42 Å². The maximum atomic E-state index is 12.8. The van der Waals surface area contributed by atoms with Gasteiger partial charge in [-0.3, -0.25) is 0 Å². The standard InChI is InChI=1S/C15H23ClN2O2S/c1-3-12-7-8-18(11-12)21(19,20)15-9-13(10-17-4-2)5-6-14(15)16/h5-6,9,12,17H,3-4,7-8,10-11H2,1-2H3. The van der Waals surface area contributed by atoms with Crippen molar-refractivity contribution in [2.75, 3.05) is 19.6 Å². The molecule has 0 saturated carbocycles. The third-order valence-electron chi connectivity index (χ3n) is 4.02. The van der Waals surface area contributed by atoms with Crippen LogP contribution in [0, 0.1) is 5.92 Å². The molecule has 118 valence electrons. The molecule has 0 aliphatic carbocycles. The summed E-state index contributed by atoms with van der Waals surface area (Å²) in [5, 5.41) is 3.50. The Morgan fingerprint density at radius 1 is 1.38 bits per heavy atom. The first-order valence-electron chi connectivity index (χ1n) is 7.48. The summed E-state index contributed by atoms with van der Waals surface area (Å²) in [5.41, 5.74) is 0.936. The van der Waals surface area contributed by atoms with Gasteiger partial charge >= 0.3 is 0 Å². The van der Waals surface area contributed by atoms with E-state index in [1.54, 1.807) is 16.4 Å². The van der Waals surface area contributed by atoms with E-state index < -0.39 is 10.0 Å². The molecule has 1 aliphatic rings. The normalized spacial score (nSPS) is 20.0. The smallest absolute Gasteiger partial charge is 0.244 e. The second-order valence-corrected chi connectivity index (χ2v) is 7.78. The van der Waals surface area contributed by atoms with E-state index in [9.17, 15) is 8.42 Å². The minimum atomic E-state index is -3.49. The van der Waals surface area contributed by atoms with Crippen LogP contribution in [0.1, 0.15) is 32.3 Å². The highest BCUT2D eigenvalue weighted by Crippen LogP contribution is 2.30. The van der Waals surface area contributed by atoms with E-state index in [1.165, 1.54) is 0 Å². The zero-order valence-corrected chi connectivity index (χ0v) is 14.2. The van der Waals surface area contributed by atoms with Crippen molar-refractivity contribution in [1.29, 1.82) is 0 Å². The molecule has 0 bridgehead atoms. The molecule has 2 rings (SSSR count). The number of rotatable bonds is 6. The van der Waals surface area contributed by atoms with Crippen LogP contribution in [0.15, 0.2) is 23.1 Å². The summed E-state index contributed by atoms with van der Waals surface area (Å²) in [6, 6.07) is 5.23. The molecular weight excluding hydrogens is 308 g/mol. The van der Waals surface area contributed by atoms with Crippen LogP contribution in [-0.2, 0) is 16.6 Å². The Kier molecular flexibility index (Phi) is 5.66. The molecule has 6 heteroatoms. The van der Waals surface area contributed by atoms with Crippen molar-refractivity contribution in [2.24, 2.45) is 5.92 Å². The molecule has 1 saturated heterocycles. The van der Waals surface area contributed by atoms with Crippen LogP contribution < -0.4 is 5.32 Å². The first kappa shape index (κ1) is 16.7. The highest BCUT2D eigenvalue weighted by molar-refractivity contribution is 7.89. The van der Waals surface area contributed by atoms with Gasteiger partial charge in [0.1, 0.15) is 4.90 Å². The van der Waals surface area contributed by atoms with Gasteiger partial charge in [-0.15, -0.1) is 0 Å². The predicted octanol–water partition coefficient (Wildman–Crippen LogP) is 2.87. The second-order valence-electron chi connectivity index (χ2n) is 5.47. The van der Waals surface area contributed by atoms with E-state index in [4.69, 9.17) is 11.6 Å². The van der Waals surface area contributed by atoms with Crippen molar-refractivity contribution in [3.63, 3.8) is 0 Å². The maximum absolute atomic E-state index is 12.8. The van der Waals surface area contributed by atoms with Gasteiger partial charge in [0.05, 0.1) is 5.02 Å². The number of nitrogens with zero attached hydrogens (tertiary/aromatic N) is 1. The fourth-order valence-electron chi connectivity index (χ4n) is 2.61. The molecule has 4 nitrogen and oxygen atoms in total. The molecule has 1 atom stereocenters. The molecule has 1 fully saturated rings. The molecule has 0 radical (unpaired) electrons. The van der Waals surface area contributed by atoms with Crippen LogP contribution in [-0.4, -0.2) is 32.4 Å². The Labute approximate surface area is 132 Å². The molecular formula is C15H23ClN2O2S. The van der Waals surface area contributed by atoms with Gasteiger partial charge in [0, 0.05) is 19.6 Å². The zero-order valence-electron chi connectivity index (χ0n) is 12.6. The van der Waals surface area contributed by atoms with Gasteiger partial charge in [-0.05, 0) is 36.6 Å². The third kappa shape index (κ3) is 3.77. The van der Waals surface area contributed by atoms with Gasteiger partial charge in [-0.2, -0.15) is 4.31 Å². The van der Waals surface area contributed by atoms with Gasteiger partial charge in [0.2, 0.25) is 10.0 Å². The minimum Gasteiger partial charge on any atom is -0.313 e. The lowest BCUT2D eigenvalue weighted by atomic mass is 10.1. The first-order valence-corrected chi connectivity index (χ1v) is 9.30. The first-order chi connectivity index (χ1) is 9.98. The van der Waals surface area contributed by atoms with Crippen molar-refractivity contribution >= 4 is 21.6 Å². The summed E-state index contributed by atoms with van der Waals surface area (Å²) in [6.07, 6.45) is 1.95.